The van der Waals surface area contributed by atoms with Gasteiger partial charge in [0.15, 0.2) is 0 Å². The van der Waals surface area contributed by atoms with Crippen molar-refractivity contribution >= 4 is 22.4 Å². The molecule has 0 amide bonds. The van der Waals surface area contributed by atoms with Crippen LogP contribution in [-0.4, -0.2) is 27.5 Å². The number of carbonyl (C=O) groups excluding carboxylic acids is 1. The van der Waals surface area contributed by atoms with Crippen molar-refractivity contribution in [2.45, 2.75) is 0 Å². The zero-order valence-corrected chi connectivity index (χ0v) is 7.23. The molecule has 0 aromatic heterocycles. The molecule has 0 aromatic rings. The predicted molar refractivity (Wildman–Crippen MR) is 33.9 cm³/mol. The molecule has 56 valence electrons. The number of carbonyl (C=O) groups is 2. The first-order chi connectivity index (χ1) is 4.66. The molecule has 0 fully saturated rings. The Kier molecular flexibility index (Phi) is 4.17. The van der Waals surface area contributed by atoms with Gasteiger partial charge in [-0.15, -0.1) is 0 Å². The summed E-state index contributed by atoms with van der Waals surface area (Å²) in [7, 11) is 0.266. The molecule has 0 saturated heterocycles. The van der Waals surface area contributed by atoms with E-state index in [1.54, 1.807) is 0 Å². The summed E-state index contributed by atoms with van der Waals surface area (Å²) in [6.07, 6.45) is 1.43. The molecular formula is C4H6O5Si. The molecule has 0 saturated carbocycles. The summed E-state index contributed by atoms with van der Waals surface area (Å²) in [5.41, 5.74) is 0. The molecule has 0 aliphatic carbocycles. The summed E-state index contributed by atoms with van der Waals surface area (Å²) < 4.78 is 4.08. The first kappa shape index (κ1) is 8.86. The van der Waals surface area contributed by atoms with Crippen molar-refractivity contribution < 1.29 is 24.2 Å². The van der Waals surface area contributed by atoms with Gasteiger partial charge >= 0.3 is 11.9 Å². The minimum atomic E-state index is -1.20. The summed E-state index contributed by atoms with van der Waals surface area (Å²) in [5.74, 6) is -2.03. The van der Waals surface area contributed by atoms with Crippen LogP contribution >= 0.6 is 0 Å². The molecule has 1 N–H and O–H groups in total. The lowest BCUT2D eigenvalue weighted by Gasteiger charge is -1.91. The molecule has 6 heteroatoms. The van der Waals surface area contributed by atoms with E-state index in [0.29, 0.717) is 6.08 Å². The Bertz CT molecular complexity index is 163. The molecule has 10 heavy (non-hydrogen) atoms. The third kappa shape index (κ3) is 5.00. The van der Waals surface area contributed by atoms with Crippen molar-refractivity contribution in [1.29, 1.82) is 0 Å². The van der Waals surface area contributed by atoms with Gasteiger partial charge < -0.3 is 9.99 Å². The molecule has 0 aromatic carbocycles. The molecule has 0 heterocycles. The van der Waals surface area contributed by atoms with Gasteiger partial charge in [-0.25, -0.2) is 9.59 Å². The Morgan fingerprint density at radius 2 is 2.00 bits per heavy atom. The summed E-state index contributed by atoms with van der Waals surface area (Å²) >= 11 is 0. The van der Waals surface area contributed by atoms with Gasteiger partial charge in [0, 0.05) is 12.2 Å². The third-order valence-electron chi connectivity index (χ3n) is 0.527. The van der Waals surface area contributed by atoms with Gasteiger partial charge in [0.25, 0.3) is 0 Å². The van der Waals surface area contributed by atoms with E-state index in [1.807, 2.05) is 0 Å². The van der Waals surface area contributed by atoms with E-state index >= 15 is 0 Å². The maximum absolute atomic E-state index is 10.3. The molecule has 0 rings (SSSR count). The number of carboxylic acid groups (broad SMARTS) is 1. The molecule has 0 unspecified atom stereocenters. The van der Waals surface area contributed by atoms with Crippen molar-refractivity contribution in [3.63, 3.8) is 0 Å². The van der Waals surface area contributed by atoms with Crippen molar-refractivity contribution in [2.75, 3.05) is 0 Å². The van der Waals surface area contributed by atoms with E-state index in [4.69, 9.17) is 5.11 Å². The Morgan fingerprint density at radius 3 is 2.40 bits per heavy atom. The maximum atomic E-state index is 10.3. The highest BCUT2D eigenvalue weighted by molar-refractivity contribution is 5.98. The standard InChI is InChI=1S/C4H6O5Si/c5-3(6)1-2-4(7)8-9-10/h1-2H,10H3,(H,5,6)/b2-1+. The van der Waals surface area contributed by atoms with Gasteiger partial charge in [-0.2, -0.15) is 0 Å². The van der Waals surface area contributed by atoms with Crippen LogP contribution in [0.3, 0.4) is 0 Å². The zero-order chi connectivity index (χ0) is 7.98. The largest absolute Gasteiger partial charge is 0.478 e. The molecular weight excluding hydrogens is 156 g/mol. The minimum absolute atomic E-state index is 0.266. The SMILES string of the molecule is O=C(O)/C=C/C(=O)OO[SiH3]. The van der Waals surface area contributed by atoms with Gasteiger partial charge in [0.2, 0.25) is 10.5 Å². The van der Waals surface area contributed by atoms with Crippen molar-refractivity contribution in [2.24, 2.45) is 0 Å². The van der Waals surface area contributed by atoms with Crippen molar-refractivity contribution in [1.82, 2.24) is 0 Å². The number of aliphatic carboxylic acids is 1. The fourth-order valence-corrected chi connectivity index (χ4v) is 0.414. The molecule has 0 spiro atoms. The number of hydrogen-bond acceptors (Lipinski definition) is 4. The van der Waals surface area contributed by atoms with Crippen LogP contribution in [0.5, 0.6) is 0 Å². The van der Waals surface area contributed by atoms with Gasteiger partial charge in [-0.05, 0) is 0 Å². The minimum Gasteiger partial charge on any atom is -0.478 e. The molecule has 0 radical (unpaired) electrons. The highest BCUT2D eigenvalue weighted by Gasteiger charge is 1.95. The van der Waals surface area contributed by atoms with Gasteiger partial charge in [-0.1, -0.05) is 0 Å². The summed E-state index contributed by atoms with van der Waals surface area (Å²) in [6.45, 7) is 0. The second-order valence-electron chi connectivity index (χ2n) is 1.24. The van der Waals surface area contributed by atoms with Crippen LogP contribution in [0, 0.1) is 0 Å². The normalized spacial score (nSPS) is 10.0. The zero-order valence-electron chi connectivity index (χ0n) is 5.23. The number of rotatable bonds is 3. The van der Waals surface area contributed by atoms with Crippen LogP contribution in [0.25, 0.3) is 0 Å². The highest BCUT2D eigenvalue weighted by Crippen LogP contribution is 1.80. The quantitative estimate of drug-likeness (QED) is 0.234. The molecule has 0 atom stereocenters. The van der Waals surface area contributed by atoms with Crippen LogP contribution in [0.4, 0.5) is 0 Å². The second-order valence-corrected chi connectivity index (χ2v) is 1.57. The van der Waals surface area contributed by atoms with Crippen molar-refractivity contribution in [3.05, 3.63) is 12.2 Å². The second kappa shape index (κ2) is 4.71. The fourth-order valence-electron chi connectivity index (χ4n) is 0.249. The summed E-state index contributed by atoms with van der Waals surface area (Å²) in [4.78, 5) is 24.0. The lowest BCUT2D eigenvalue weighted by molar-refractivity contribution is -0.205. The van der Waals surface area contributed by atoms with Crippen LogP contribution in [0.15, 0.2) is 12.2 Å². The van der Waals surface area contributed by atoms with Crippen LogP contribution in [0.1, 0.15) is 0 Å². The summed E-state index contributed by atoms with van der Waals surface area (Å²) in [5, 5.41) is 8.00. The van der Waals surface area contributed by atoms with E-state index in [1.165, 1.54) is 0 Å². The van der Waals surface area contributed by atoms with Gasteiger partial charge in [0.1, 0.15) is 0 Å². The molecule has 5 nitrogen and oxygen atoms in total. The average Bonchev–Trinajstić information content (AvgIpc) is 1.85. The smallest absolute Gasteiger partial charge is 0.364 e. The van der Waals surface area contributed by atoms with E-state index in [0.717, 1.165) is 6.08 Å². The first-order valence-electron chi connectivity index (χ1n) is 2.32. The highest BCUT2D eigenvalue weighted by atomic mass is 28.2. The first-order valence-corrected chi connectivity index (χ1v) is 3.14. The molecule has 0 aliphatic heterocycles. The Hall–Kier alpha value is -1.14. The average molecular weight is 162 g/mol. The van der Waals surface area contributed by atoms with Crippen LogP contribution in [0.2, 0.25) is 0 Å². The topological polar surface area (TPSA) is 72.8 Å². The maximum Gasteiger partial charge on any atom is 0.364 e. The van der Waals surface area contributed by atoms with Crippen molar-refractivity contribution in [3.8, 4) is 0 Å². The van der Waals surface area contributed by atoms with E-state index < -0.39 is 11.9 Å². The predicted octanol–water partition coefficient (Wildman–Crippen LogP) is -1.62. The molecule has 0 bridgehead atoms. The molecule has 0 aliphatic rings. The van der Waals surface area contributed by atoms with E-state index in [2.05, 4.69) is 9.46 Å². The number of carboxylic acids is 1. The van der Waals surface area contributed by atoms with E-state index in [-0.39, 0.29) is 10.5 Å². The Labute approximate surface area is 59.7 Å². The van der Waals surface area contributed by atoms with E-state index in [9.17, 15) is 9.59 Å². The van der Waals surface area contributed by atoms with Crippen LogP contribution in [-0.2, 0) is 19.1 Å². The monoisotopic (exact) mass is 162 g/mol. The summed E-state index contributed by atoms with van der Waals surface area (Å²) in [6, 6.07) is 0. The van der Waals surface area contributed by atoms with Gasteiger partial charge in [0.05, 0.1) is 0 Å². The van der Waals surface area contributed by atoms with Gasteiger partial charge in [-0.3, -0.25) is 4.58 Å². The fraction of sp³-hybridized carbons (Fsp3) is 0. The lowest BCUT2D eigenvalue weighted by atomic mass is 10.5. The third-order valence-corrected chi connectivity index (χ3v) is 0.694. The number of hydrogen-bond donors (Lipinski definition) is 1. The Balaban J connectivity index is 3.67. The lowest BCUT2D eigenvalue weighted by Crippen LogP contribution is -2.00. The van der Waals surface area contributed by atoms with Crippen LogP contribution < -0.4 is 0 Å². The Morgan fingerprint density at radius 1 is 1.40 bits per heavy atom.